The van der Waals surface area contributed by atoms with Crippen molar-refractivity contribution < 1.29 is 31.9 Å². The Morgan fingerprint density at radius 1 is 1.20 bits per heavy atom. The van der Waals surface area contributed by atoms with E-state index in [1.807, 2.05) is 6.92 Å². The molecule has 0 aliphatic heterocycles. The van der Waals surface area contributed by atoms with E-state index in [0.717, 1.165) is 18.2 Å². The Hall–Kier alpha value is -2.13. The summed E-state index contributed by atoms with van der Waals surface area (Å²) in [6, 6.07) is 6.70. The monoisotopic (exact) mass is 466 g/mol. The van der Waals surface area contributed by atoms with Crippen LogP contribution in [0.4, 0.5) is 24.5 Å². The van der Waals surface area contributed by atoms with Crippen LogP contribution >= 0.6 is 20.6 Å². The molecule has 30 heavy (non-hydrogen) atoms. The molecule has 0 heterocycles. The zero-order chi connectivity index (χ0) is 22.3. The Kier molecular flexibility index (Phi) is 8.66. The Morgan fingerprint density at radius 3 is 2.53 bits per heavy atom. The van der Waals surface area contributed by atoms with E-state index in [4.69, 9.17) is 25.4 Å². The molecule has 0 N–H and O–H groups in total. The van der Waals surface area contributed by atoms with Crippen LogP contribution in [0.5, 0.6) is 11.5 Å². The predicted molar refractivity (Wildman–Crippen MR) is 109 cm³/mol. The van der Waals surface area contributed by atoms with Gasteiger partial charge in [0, 0.05) is 25.7 Å². The molecule has 2 aromatic carbocycles. The molecule has 0 aliphatic carbocycles. The predicted octanol–water partition coefficient (Wildman–Crippen LogP) is 6.06. The lowest BCUT2D eigenvalue weighted by Gasteiger charge is -2.20. The maximum Gasteiger partial charge on any atom is 0.416 e. The van der Waals surface area contributed by atoms with Gasteiger partial charge in [-0.05, 0) is 31.2 Å². The average molecular weight is 467 g/mol. The van der Waals surface area contributed by atoms with E-state index in [2.05, 4.69) is 0 Å². The van der Waals surface area contributed by atoms with Crippen molar-refractivity contribution in [3.05, 3.63) is 57.1 Å². The SMILES string of the molecule is CCOPOCCN(C)c1cc(Oc2ccc(C(F)(F)F)cc2Cl)ccc1[N+](=O)[O-]. The largest absolute Gasteiger partial charge is 0.456 e. The number of benzene rings is 2. The molecule has 1 unspecified atom stereocenters. The van der Waals surface area contributed by atoms with Gasteiger partial charge in [0.15, 0.2) is 9.03 Å². The number of nitro groups is 1. The summed E-state index contributed by atoms with van der Waals surface area (Å²) in [7, 11) is 1.52. The van der Waals surface area contributed by atoms with Crippen molar-refractivity contribution in [2.45, 2.75) is 13.1 Å². The Labute approximate surface area is 177 Å². The second kappa shape index (κ2) is 10.8. The highest BCUT2D eigenvalue weighted by atomic mass is 35.5. The van der Waals surface area contributed by atoms with E-state index >= 15 is 0 Å². The van der Waals surface area contributed by atoms with Crippen LogP contribution < -0.4 is 9.64 Å². The minimum atomic E-state index is -4.53. The fourth-order valence-electron chi connectivity index (χ4n) is 2.36. The first-order chi connectivity index (χ1) is 14.1. The third-order valence-electron chi connectivity index (χ3n) is 3.83. The molecule has 1 atom stereocenters. The van der Waals surface area contributed by atoms with Crippen molar-refractivity contribution >= 4 is 32.0 Å². The first-order valence-corrected chi connectivity index (χ1v) is 9.85. The summed E-state index contributed by atoms with van der Waals surface area (Å²) in [6.07, 6.45) is -4.53. The first kappa shape index (κ1) is 24.1. The molecule has 164 valence electrons. The van der Waals surface area contributed by atoms with Crippen LogP contribution in [-0.4, -0.2) is 31.7 Å². The maximum atomic E-state index is 12.8. The number of ether oxygens (including phenoxy) is 1. The number of hydrogen-bond donors (Lipinski definition) is 0. The molecule has 0 radical (unpaired) electrons. The van der Waals surface area contributed by atoms with Crippen LogP contribution in [0.1, 0.15) is 12.5 Å². The van der Waals surface area contributed by atoms with E-state index in [1.165, 1.54) is 18.2 Å². The third-order valence-corrected chi connectivity index (χ3v) is 4.86. The van der Waals surface area contributed by atoms with Crippen LogP contribution in [0, 0.1) is 10.1 Å². The average Bonchev–Trinajstić information content (AvgIpc) is 2.68. The number of alkyl halides is 3. The fourth-order valence-corrected chi connectivity index (χ4v) is 2.95. The lowest BCUT2D eigenvalue weighted by molar-refractivity contribution is -0.384. The van der Waals surface area contributed by atoms with E-state index in [1.54, 1.807) is 11.9 Å². The van der Waals surface area contributed by atoms with Gasteiger partial charge in [-0.3, -0.25) is 10.1 Å². The standard InChI is InChI=1S/C18H19ClF3N2O5P/c1-3-27-30-28-9-8-23(2)16-11-13(5-6-15(16)24(25)26)29-17-7-4-12(10-14(17)19)18(20,21)22/h4-7,10-11,30H,3,8-9H2,1-2H3. The maximum absolute atomic E-state index is 12.8. The molecule has 0 aromatic heterocycles. The number of nitro benzene ring substituents is 1. The Morgan fingerprint density at radius 2 is 1.93 bits per heavy atom. The van der Waals surface area contributed by atoms with Crippen LogP contribution in [0.15, 0.2) is 36.4 Å². The fraction of sp³-hybridized carbons (Fsp3) is 0.333. The van der Waals surface area contributed by atoms with E-state index < -0.39 is 16.7 Å². The highest BCUT2D eigenvalue weighted by molar-refractivity contribution is 7.26. The lowest BCUT2D eigenvalue weighted by Crippen LogP contribution is -2.22. The molecule has 0 amide bonds. The number of hydrogen-bond acceptors (Lipinski definition) is 6. The number of rotatable bonds is 10. The van der Waals surface area contributed by atoms with E-state index in [9.17, 15) is 23.3 Å². The molecule has 0 fully saturated rings. The summed E-state index contributed by atoms with van der Waals surface area (Å²) in [5.74, 6) is 0.176. The molecule has 0 aliphatic rings. The molecule has 0 saturated carbocycles. The van der Waals surface area contributed by atoms with Crippen LogP contribution in [0.3, 0.4) is 0 Å². The molecular weight excluding hydrogens is 448 g/mol. The van der Waals surface area contributed by atoms with Crippen molar-refractivity contribution in [1.29, 1.82) is 0 Å². The second-order valence-corrected chi connectivity index (χ2v) is 7.09. The van der Waals surface area contributed by atoms with Gasteiger partial charge in [-0.2, -0.15) is 13.2 Å². The first-order valence-electron chi connectivity index (χ1n) is 8.66. The van der Waals surface area contributed by atoms with Gasteiger partial charge in [0.05, 0.1) is 28.7 Å². The zero-order valence-corrected chi connectivity index (χ0v) is 17.8. The van der Waals surface area contributed by atoms with Gasteiger partial charge < -0.3 is 18.7 Å². The van der Waals surface area contributed by atoms with Gasteiger partial charge in [0.25, 0.3) is 5.69 Å². The molecule has 2 rings (SSSR count). The van der Waals surface area contributed by atoms with E-state index in [0.29, 0.717) is 13.2 Å². The molecule has 0 saturated heterocycles. The lowest BCUT2D eigenvalue weighted by atomic mass is 10.2. The molecule has 0 bridgehead atoms. The van der Waals surface area contributed by atoms with Gasteiger partial charge in [-0.1, -0.05) is 11.6 Å². The van der Waals surface area contributed by atoms with Crippen molar-refractivity contribution in [3.8, 4) is 11.5 Å². The highest BCUT2D eigenvalue weighted by Gasteiger charge is 2.31. The van der Waals surface area contributed by atoms with Crippen LogP contribution in [0.2, 0.25) is 5.02 Å². The third kappa shape index (κ3) is 6.70. The summed E-state index contributed by atoms with van der Waals surface area (Å²) in [6.45, 7) is 2.97. The van der Waals surface area contributed by atoms with Crippen molar-refractivity contribution in [1.82, 2.24) is 0 Å². The Balaban J connectivity index is 2.20. The summed E-state index contributed by atoms with van der Waals surface area (Å²) in [5.41, 5.74) is -0.809. The smallest absolute Gasteiger partial charge is 0.416 e. The van der Waals surface area contributed by atoms with Gasteiger partial charge in [-0.15, -0.1) is 0 Å². The van der Waals surface area contributed by atoms with Crippen LogP contribution in [0.25, 0.3) is 0 Å². The van der Waals surface area contributed by atoms with Crippen molar-refractivity contribution in [3.63, 3.8) is 0 Å². The quantitative estimate of drug-likeness (QED) is 0.183. The van der Waals surface area contributed by atoms with Crippen molar-refractivity contribution in [2.75, 3.05) is 31.7 Å². The highest BCUT2D eigenvalue weighted by Crippen LogP contribution is 2.38. The molecule has 0 spiro atoms. The number of anilines is 1. The summed E-state index contributed by atoms with van der Waals surface area (Å²) in [4.78, 5) is 12.4. The topological polar surface area (TPSA) is 74.1 Å². The normalized spacial score (nSPS) is 11.8. The van der Waals surface area contributed by atoms with Crippen LogP contribution in [-0.2, 0) is 15.2 Å². The molecule has 2 aromatic rings. The van der Waals surface area contributed by atoms with Gasteiger partial charge >= 0.3 is 6.18 Å². The zero-order valence-electron chi connectivity index (χ0n) is 16.0. The minimum Gasteiger partial charge on any atom is -0.456 e. The Bertz CT molecular complexity index is 885. The molecule has 12 heteroatoms. The van der Waals surface area contributed by atoms with Gasteiger partial charge in [-0.25, -0.2) is 0 Å². The summed E-state index contributed by atoms with van der Waals surface area (Å²) >= 11 is 5.91. The molecular formula is C18H19ClF3N2O5P. The molecule has 7 nitrogen and oxygen atoms in total. The minimum absolute atomic E-state index is 0.00614. The van der Waals surface area contributed by atoms with Gasteiger partial charge in [0.2, 0.25) is 0 Å². The summed E-state index contributed by atoms with van der Waals surface area (Å²) < 4.78 is 54.3. The summed E-state index contributed by atoms with van der Waals surface area (Å²) in [5, 5.41) is 11.1. The number of halogens is 4. The van der Waals surface area contributed by atoms with E-state index in [-0.39, 0.29) is 43.5 Å². The van der Waals surface area contributed by atoms with Gasteiger partial charge in [0.1, 0.15) is 17.2 Å². The number of likely N-dealkylation sites (N-methyl/N-ethyl adjacent to an activating group) is 1. The second-order valence-electron chi connectivity index (χ2n) is 5.94. The number of nitrogens with zero attached hydrogens (tertiary/aromatic N) is 2. The van der Waals surface area contributed by atoms with Crippen molar-refractivity contribution in [2.24, 2.45) is 0 Å².